The van der Waals surface area contributed by atoms with Gasteiger partial charge in [-0.25, -0.2) is 0 Å². The van der Waals surface area contributed by atoms with Crippen LogP contribution in [0.3, 0.4) is 0 Å². The molecule has 1 atom stereocenters. The maximum absolute atomic E-state index is 12.9. The van der Waals surface area contributed by atoms with E-state index in [2.05, 4.69) is 0 Å². The molecule has 0 spiro atoms. The molecule has 1 aliphatic heterocycles. The Balaban J connectivity index is 2.03. The Morgan fingerprint density at radius 3 is 2.57 bits per heavy atom. The normalized spacial score (nSPS) is 18.5. The van der Waals surface area contributed by atoms with E-state index in [0.717, 1.165) is 12.1 Å². The molecule has 0 radical (unpaired) electrons. The molecule has 0 N–H and O–H groups in total. The van der Waals surface area contributed by atoms with E-state index in [4.69, 9.17) is 11.6 Å². The molecule has 1 amide bonds. The third kappa shape index (κ3) is 3.19. The Bertz CT molecular complexity index is 750. The second-order valence-corrected chi connectivity index (χ2v) is 6.47. The van der Waals surface area contributed by atoms with Gasteiger partial charge < -0.3 is 0 Å². The number of alkyl halides is 3. The third-order valence-electron chi connectivity index (χ3n) is 3.49. The fraction of sp³-hybridized carbons (Fsp3) is 0.188. The molecule has 7 heteroatoms. The van der Waals surface area contributed by atoms with E-state index >= 15 is 0 Å². The fourth-order valence-electron chi connectivity index (χ4n) is 2.44. The van der Waals surface area contributed by atoms with Gasteiger partial charge in [0.1, 0.15) is 5.37 Å². The quantitative estimate of drug-likeness (QED) is 0.742. The summed E-state index contributed by atoms with van der Waals surface area (Å²) in [6.45, 7) is 0. The first-order valence-electron chi connectivity index (χ1n) is 6.73. The van der Waals surface area contributed by atoms with Crippen LogP contribution in [0, 0.1) is 0 Å². The smallest absolute Gasteiger partial charge is 0.295 e. The monoisotopic (exact) mass is 357 g/mol. The molecular weight excluding hydrogens is 347 g/mol. The van der Waals surface area contributed by atoms with Gasteiger partial charge in [-0.05, 0) is 24.3 Å². The Morgan fingerprint density at radius 2 is 1.87 bits per heavy atom. The van der Waals surface area contributed by atoms with Crippen molar-refractivity contribution in [1.82, 2.24) is 0 Å². The van der Waals surface area contributed by atoms with Crippen molar-refractivity contribution in [1.29, 1.82) is 0 Å². The van der Waals surface area contributed by atoms with Crippen molar-refractivity contribution < 1.29 is 18.0 Å². The van der Waals surface area contributed by atoms with Crippen LogP contribution in [0.4, 0.5) is 18.9 Å². The number of anilines is 1. The molecule has 1 unspecified atom stereocenters. The van der Waals surface area contributed by atoms with E-state index in [1.54, 1.807) is 24.3 Å². The largest absolute Gasteiger partial charge is 0.416 e. The number of amides is 1. The molecule has 2 nitrogen and oxygen atoms in total. The van der Waals surface area contributed by atoms with Crippen LogP contribution < -0.4 is 4.90 Å². The zero-order valence-electron chi connectivity index (χ0n) is 11.7. The summed E-state index contributed by atoms with van der Waals surface area (Å²) in [7, 11) is 0. The molecule has 1 aliphatic rings. The van der Waals surface area contributed by atoms with Gasteiger partial charge in [-0.1, -0.05) is 35.9 Å². The first kappa shape index (κ1) is 16.2. The van der Waals surface area contributed by atoms with E-state index in [-0.39, 0.29) is 17.3 Å². The highest BCUT2D eigenvalue weighted by Crippen LogP contribution is 2.44. The Labute approximate surface area is 140 Å². The number of halogens is 4. The molecule has 1 saturated heterocycles. The highest BCUT2D eigenvalue weighted by atomic mass is 35.5. The van der Waals surface area contributed by atoms with Gasteiger partial charge in [0.05, 0.1) is 11.3 Å². The van der Waals surface area contributed by atoms with Gasteiger partial charge in [0.2, 0.25) is 5.91 Å². The summed E-state index contributed by atoms with van der Waals surface area (Å²) in [6, 6.07) is 11.8. The average molecular weight is 358 g/mol. The number of carbonyl (C=O) groups excluding carboxylic acids is 1. The summed E-state index contributed by atoms with van der Waals surface area (Å²) >= 11 is 7.52. The van der Waals surface area contributed by atoms with E-state index in [9.17, 15) is 18.0 Å². The van der Waals surface area contributed by atoms with Crippen LogP contribution in [0.1, 0.15) is 16.5 Å². The molecule has 120 valence electrons. The molecule has 0 saturated carbocycles. The van der Waals surface area contributed by atoms with Gasteiger partial charge in [-0.3, -0.25) is 9.69 Å². The van der Waals surface area contributed by atoms with Crippen LogP contribution in [-0.4, -0.2) is 11.7 Å². The lowest BCUT2D eigenvalue weighted by atomic mass is 10.1. The van der Waals surface area contributed by atoms with Crippen molar-refractivity contribution in [2.24, 2.45) is 0 Å². The Kier molecular flexibility index (Phi) is 4.29. The predicted octanol–water partition coefficient (Wildman–Crippen LogP) is 5.14. The number of benzene rings is 2. The zero-order chi connectivity index (χ0) is 16.6. The van der Waals surface area contributed by atoms with Crippen molar-refractivity contribution in [2.45, 2.75) is 11.6 Å². The predicted molar refractivity (Wildman–Crippen MR) is 85.6 cm³/mol. The lowest BCUT2D eigenvalue weighted by Crippen LogP contribution is -2.28. The second-order valence-electron chi connectivity index (χ2n) is 5.00. The van der Waals surface area contributed by atoms with E-state index in [1.165, 1.54) is 28.8 Å². The van der Waals surface area contributed by atoms with Crippen LogP contribution in [0.5, 0.6) is 0 Å². The highest BCUT2D eigenvalue weighted by Gasteiger charge is 2.37. The average Bonchev–Trinajstić information content (AvgIpc) is 2.88. The van der Waals surface area contributed by atoms with Gasteiger partial charge in [-0.2, -0.15) is 13.2 Å². The molecule has 2 aromatic carbocycles. The van der Waals surface area contributed by atoms with Crippen LogP contribution in [0.2, 0.25) is 5.02 Å². The van der Waals surface area contributed by atoms with Gasteiger partial charge in [0.15, 0.2) is 0 Å². The van der Waals surface area contributed by atoms with Crippen LogP contribution >= 0.6 is 23.4 Å². The summed E-state index contributed by atoms with van der Waals surface area (Å²) in [5.41, 5.74) is 0.153. The molecular formula is C16H11ClF3NOS. The SMILES string of the molecule is O=C1CSC(c2ccccc2Cl)N1c1cccc(C(F)(F)F)c1. The highest BCUT2D eigenvalue weighted by molar-refractivity contribution is 8.00. The lowest BCUT2D eigenvalue weighted by molar-refractivity contribution is -0.137. The minimum atomic E-state index is -4.45. The van der Waals surface area contributed by atoms with Crippen LogP contribution in [0.25, 0.3) is 0 Å². The van der Waals surface area contributed by atoms with E-state index in [1.807, 2.05) is 0 Å². The van der Waals surface area contributed by atoms with Crippen molar-refractivity contribution in [3.8, 4) is 0 Å². The zero-order valence-corrected chi connectivity index (χ0v) is 13.3. The van der Waals surface area contributed by atoms with Gasteiger partial charge >= 0.3 is 6.18 Å². The Hall–Kier alpha value is -1.66. The number of thioether (sulfide) groups is 1. The summed E-state index contributed by atoms with van der Waals surface area (Å²) < 4.78 is 38.7. The summed E-state index contributed by atoms with van der Waals surface area (Å²) in [6.07, 6.45) is -4.45. The first-order valence-corrected chi connectivity index (χ1v) is 8.16. The molecule has 1 heterocycles. The third-order valence-corrected chi connectivity index (χ3v) is 5.03. The van der Waals surface area contributed by atoms with E-state index in [0.29, 0.717) is 10.6 Å². The lowest BCUT2D eigenvalue weighted by Gasteiger charge is -2.25. The van der Waals surface area contributed by atoms with Crippen LogP contribution in [-0.2, 0) is 11.0 Å². The number of rotatable bonds is 2. The standard InChI is InChI=1S/C16H11ClF3NOS/c17-13-7-2-1-6-12(13)15-21(14(22)9-23-15)11-5-3-4-10(8-11)16(18,19)20/h1-8,15H,9H2. The van der Waals surface area contributed by atoms with Gasteiger partial charge in [0.25, 0.3) is 0 Å². The molecule has 23 heavy (non-hydrogen) atoms. The Morgan fingerprint density at radius 1 is 1.13 bits per heavy atom. The fourth-order valence-corrected chi connectivity index (χ4v) is 3.96. The van der Waals surface area contributed by atoms with Gasteiger partial charge in [-0.15, -0.1) is 11.8 Å². The topological polar surface area (TPSA) is 20.3 Å². The summed E-state index contributed by atoms with van der Waals surface area (Å²) in [5, 5.41) is 0.0522. The molecule has 0 aromatic heterocycles. The maximum Gasteiger partial charge on any atom is 0.416 e. The van der Waals surface area contributed by atoms with Crippen molar-refractivity contribution in [3.63, 3.8) is 0 Å². The summed E-state index contributed by atoms with van der Waals surface area (Å²) in [4.78, 5) is 13.6. The minimum Gasteiger partial charge on any atom is -0.295 e. The molecule has 3 rings (SSSR count). The number of hydrogen-bond acceptors (Lipinski definition) is 2. The number of hydrogen-bond donors (Lipinski definition) is 0. The van der Waals surface area contributed by atoms with Crippen molar-refractivity contribution >= 4 is 35.0 Å². The van der Waals surface area contributed by atoms with Crippen molar-refractivity contribution in [2.75, 3.05) is 10.7 Å². The molecule has 2 aromatic rings. The second kappa shape index (κ2) is 6.09. The molecule has 1 fully saturated rings. The molecule has 0 bridgehead atoms. The molecule has 0 aliphatic carbocycles. The summed E-state index contributed by atoms with van der Waals surface area (Å²) in [5.74, 6) is -0.0363. The number of carbonyl (C=O) groups is 1. The van der Waals surface area contributed by atoms with E-state index < -0.39 is 17.1 Å². The van der Waals surface area contributed by atoms with Gasteiger partial charge in [0, 0.05) is 16.3 Å². The maximum atomic E-state index is 12.9. The minimum absolute atomic E-state index is 0.201. The van der Waals surface area contributed by atoms with Crippen LogP contribution in [0.15, 0.2) is 48.5 Å². The van der Waals surface area contributed by atoms with Crippen molar-refractivity contribution in [3.05, 3.63) is 64.7 Å². The number of nitrogens with zero attached hydrogens (tertiary/aromatic N) is 1. The first-order chi connectivity index (χ1) is 10.9.